The summed E-state index contributed by atoms with van der Waals surface area (Å²) in [5.41, 5.74) is 2.08. The third kappa shape index (κ3) is 5.24. The van der Waals surface area contributed by atoms with Crippen LogP contribution in [0.2, 0.25) is 0 Å². The molecule has 0 bridgehead atoms. The predicted molar refractivity (Wildman–Crippen MR) is 126 cm³/mol. The fraction of sp³-hybridized carbons (Fsp3) is 0.476. The van der Waals surface area contributed by atoms with Gasteiger partial charge in [0.25, 0.3) is 0 Å². The summed E-state index contributed by atoms with van der Waals surface area (Å²) in [5.74, 6) is 1.39. The van der Waals surface area contributed by atoms with Gasteiger partial charge in [-0.05, 0) is 25.0 Å². The second-order valence-electron chi connectivity index (χ2n) is 7.93. The molecule has 31 heavy (non-hydrogen) atoms. The smallest absolute Gasteiger partial charge is 0.236 e. The molecule has 0 spiro atoms. The molecule has 10 heteroatoms. The standard InChI is InChI=1S/C21H27N7OS2/c1-27(2)16-11-7-10-15(12-16)18-23-26-21(28(18)3)30-13-17(29)22-20-25-24-19(31-20)14-8-5-4-6-9-14/h7,10-12,14H,4-6,8-9,13H2,1-3H3,(H,22,25,29). The predicted octanol–water partition coefficient (Wildman–Crippen LogP) is 4.18. The van der Waals surface area contributed by atoms with Crippen LogP contribution in [0.3, 0.4) is 0 Å². The van der Waals surface area contributed by atoms with Crippen LogP contribution in [0, 0.1) is 0 Å². The summed E-state index contributed by atoms with van der Waals surface area (Å²) in [6, 6.07) is 8.14. The Balaban J connectivity index is 1.35. The zero-order valence-electron chi connectivity index (χ0n) is 18.0. The van der Waals surface area contributed by atoms with Crippen LogP contribution in [-0.4, -0.2) is 50.7 Å². The van der Waals surface area contributed by atoms with Crippen LogP contribution in [0.1, 0.15) is 43.0 Å². The van der Waals surface area contributed by atoms with Crippen molar-refractivity contribution in [1.29, 1.82) is 0 Å². The largest absolute Gasteiger partial charge is 0.378 e. The maximum absolute atomic E-state index is 12.4. The molecule has 0 unspecified atom stereocenters. The number of hydrogen-bond donors (Lipinski definition) is 1. The number of amides is 1. The van der Waals surface area contributed by atoms with Gasteiger partial charge in [0.2, 0.25) is 11.0 Å². The molecular formula is C21H27N7OS2. The van der Waals surface area contributed by atoms with Gasteiger partial charge in [-0.2, -0.15) is 0 Å². The summed E-state index contributed by atoms with van der Waals surface area (Å²) >= 11 is 2.86. The topological polar surface area (TPSA) is 88.8 Å². The van der Waals surface area contributed by atoms with E-state index >= 15 is 0 Å². The number of thioether (sulfide) groups is 1. The molecule has 2 aromatic heterocycles. The molecule has 0 atom stereocenters. The van der Waals surface area contributed by atoms with Crippen molar-refractivity contribution in [2.24, 2.45) is 7.05 Å². The average molecular weight is 458 g/mol. The van der Waals surface area contributed by atoms with Gasteiger partial charge in [-0.25, -0.2) is 0 Å². The lowest BCUT2D eigenvalue weighted by Crippen LogP contribution is -2.14. The summed E-state index contributed by atoms with van der Waals surface area (Å²) in [7, 11) is 5.93. The first-order chi connectivity index (χ1) is 15.0. The highest BCUT2D eigenvalue weighted by Gasteiger charge is 2.20. The number of anilines is 2. The van der Waals surface area contributed by atoms with Gasteiger partial charge in [-0.15, -0.1) is 20.4 Å². The number of nitrogens with one attached hydrogen (secondary N) is 1. The van der Waals surface area contributed by atoms with Gasteiger partial charge in [-0.1, -0.05) is 54.5 Å². The normalized spacial score (nSPS) is 14.5. The van der Waals surface area contributed by atoms with Crippen molar-refractivity contribution in [3.8, 4) is 11.4 Å². The van der Waals surface area contributed by atoms with E-state index in [0.717, 1.165) is 22.1 Å². The molecule has 1 aliphatic carbocycles. The van der Waals surface area contributed by atoms with E-state index < -0.39 is 0 Å². The molecule has 1 N–H and O–H groups in total. The van der Waals surface area contributed by atoms with E-state index in [2.05, 4.69) is 31.8 Å². The fourth-order valence-corrected chi connectivity index (χ4v) is 5.34. The lowest BCUT2D eigenvalue weighted by molar-refractivity contribution is -0.113. The summed E-state index contributed by atoms with van der Waals surface area (Å²) in [4.78, 5) is 14.5. The second kappa shape index (κ2) is 9.78. The van der Waals surface area contributed by atoms with Crippen LogP contribution in [0.4, 0.5) is 10.8 Å². The van der Waals surface area contributed by atoms with E-state index in [1.807, 2.05) is 48.8 Å². The van der Waals surface area contributed by atoms with E-state index in [9.17, 15) is 4.79 Å². The van der Waals surface area contributed by atoms with Crippen LogP contribution < -0.4 is 10.2 Å². The summed E-state index contributed by atoms with van der Waals surface area (Å²) in [6.45, 7) is 0. The summed E-state index contributed by atoms with van der Waals surface area (Å²) < 4.78 is 1.92. The van der Waals surface area contributed by atoms with Crippen LogP contribution >= 0.6 is 23.1 Å². The van der Waals surface area contributed by atoms with Crippen molar-refractivity contribution < 1.29 is 4.79 Å². The minimum Gasteiger partial charge on any atom is -0.378 e. The van der Waals surface area contributed by atoms with Gasteiger partial charge < -0.3 is 9.47 Å². The zero-order chi connectivity index (χ0) is 21.8. The van der Waals surface area contributed by atoms with Gasteiger partial charge >= 0.3 is 0 Å². The molecular weight excluding hydrogens is 430 g/mol. The van der Waals surface area contributed by atoms with Crippen molar-refractivity contribution in [2.75, 3.05) is 30.1 Å². The van der Waals surface area contributed by atoms with Crippen molar-refractivity contribution in [1.82, 2.24) is 25.0 Å². The molecule has 0 aliphatic heterocycles. The monoisotopic (exact) mass is 457 g/mol. The first kappa shape index (κ1) is 21.8. The highest BCUT2D eigenvalue weighted by atomic mass is 32.2. The highest BCUT2D eigenvalue weighted by molar-refractivity contribution is 7.99. The molecule has 0 saturated heterocycles. The molecule has 1 saturated carbocycles. The Morgan fingerprint density at radius 1 is 1.19 bits per heavy atom. The second-order valence-corrected chi connectivity index (χ2v) is 9.88. The van der Waals surface area contributed by atoms with Gasteiger partial charge in [0.15, 0.2) is 11.0 Å². The fourth-order valence-electron chi connectivity index (χ4n) is 3.70. The number of hydrogen-bond acceptors (Lipinski definition) is 8. The van der Waals surface area contributed by atoms with Gasteiger partial charge in [-0.3, -0.25) is 10.1 Å². The van der Waals surface area contributed by atoms with Crippen LogP contribution in [0.5, 0.6) is 0 Å². The third-order valence-corrected chi connectivity index (χ3v) is 7.45. The van der Waals surface area contributed by atoms with Crippen LogP contribution in [0.15, 0.2) is 29.4 Å². The Hall–Kier alpha value is -2.46. The molecule has 1 fully saturated rings. The number of benzene rings is 1. The van der Waals surface area contributed by atoms with E-state index in [-0.39, 0.29) is 11.7 Å². The van der Waals surface area contributed by atoms with E-state index in [4.69, 9.17) is 0 Å². The number of aromatic nitrogens is 5. The average Bonchev–Trinajstić information content (AvgIpc) is 3.39. The lowest BCUT2D eigenvalue weighted by Gasteiger charge is -2.18. The van der Waals surface area contributed by atoms with E-state index in [0.29, 0.717) is 16.2 Å². The third-order valence-electron chi connectivity index (χ3n) is 5.43. The van der Waals surface area contributed by atoms with Crippen molar-refractivity contribution >= 4 is 39.8 Å². The SMILES string of the molecule is CN(C)c1cccc(-c2nnc(SCC(=O)Nc3nnc(C4CCCCC4)s3)n2C)c1. The van der Waals surface area contributed by atoms with Crippen LogP contribution in [-0.2, 0) is 11.8 Å². The quantitative estimate of drug-likeness (QED) is 0.533. The first-order valence-electron chi connectivity index (χ1n) is 10.4. The van der Waals surface area contributed by atoms with Gasteiger partial charge in [0, 0.05) is 38.3 Å². The maximum Gasteiger partial charge on any atom is 0.236 e. The van der Waals surface area contributed by atoms with E-state index in [1.54, 1.807) is 0 Å². The molecule has 1 amide bonds. The van der Waals surface area contributed by atoms with Gasteiger partial charge in [0.05, 0.1) is 5.75 Å². The van der Waals surface area contributed by atoms with Gasteiger partial charge in [0.1, 0.15) is 5.01 Å². The number of carbonyl (C=O) groups excluding carboxylic acids is 1. The molecule has 8 nitrogen and oxygen atoms in total. The molecule has 3 aromatic rings. The molecule has 164 valence electrons. The molecule has 0 radical (unpaired) electrons. The number of nitrogens with zero attached hydrogens (tertiary/aromatic N) is 6. The molecule has 2 heterocycles. The Labute approximate surface area is 190 Å². The summed E-state index contributed by atoms with van der Waals surface area (Å²) in [5, 5.41) is 22.2. The Morgan fingerprint density at radius 3 is 2.77 bits per heavy atom. The molecule has 1 aromatic carbocycles. The Kier molecular flexibility index (Phi) is 6.86. The van der Waals surface area contributed by atoms with E-state index in [1.165, 1.54) is 55.2 Å². The Morgan fingerprint density at radius 2 is 2.00 bits per heavy atom. The Bertz CT molecular complexity index is 1040. The molecule has 1 aliphatic rings. The van der Waals surface area contributed by atoms with Crippen molar-refractivity contribution in [3.63, 3.8) is 0 Å². The number of carbonyl (C=O) groups is 1. The van der Waals surface area contributed by atoms with Crippen molar-refractivity contribution in [2.45, 2.75) is 43.2 Å². The van der Waals surface area contributed by atoms with Crippen LogP contribution in [0.25, 0.3) is 11.4 Å². The number of rotatable bonds is 7. The first-order valence-corrected chi connectivity index (χ1v) is 12.2. The summed E-state index contributed by atoms with van der Waals surface area (Å²) in [6.07, 6.45) is 6.15. The minimum absolute atomic E-state index is 0.115. The minimum atomic E-state index is -0.115. The zero-order valence-corrected chi connectivity index (χ0v) is 19.7. The van der Waals surface area contributed by atoms with Crippen molar-refractivity contribution in [3.05, 3.63) is 29.3 Å². The lowest BCUT2D eigenvalue weighted by atomic mass is 9.90. The highest BCUT2D eigenvalue weighted by Crippen LogP contribution is 2.35. The maximum atomic E-state index is 12.4. The molecule has 4 rings (SSSR count).